The first kappa shape index (κ1) is 28.6. The fourth-order valence-electron chi connectivity index (χ4n) is 3.17. The van der Waals surface area contributed by atoms with Gasteiger partial charge in [-0.3, -0.25) is 30.2 Å². The van der Waals surface area contributed by atoms with Gasteiger partial charge >= 0.3 is 0 Å². The zero-order valence-electron chi connectivity index (χ0n) is 18.8. The zero-order valence-corrected chi connectivity index (χ0v) is 20.7. The van der Waals surface area contributed by atoms with Crippen LogP contribution in [-0.4, -0.2) is 26.3 Å². The number of pyridine rings is 1. The van der Waals surface area contributed by atoms with Crippen molar-refractivity contribution < 1.29 is 39.3 Å². The Morgan fingerprint density at radius 2 is 1.09 bits per heavy atom. The number of hydrogen-bond acceptors (Lipinski definition) is 7. The molecule has 0 N–H and O–H groups in total. The van der Waals surface area contributed by atoms with Crippen molar-refractivity contribution in [1.82, 2.24) is 4.98 Å². The second-order valence-corrected chi connectivity index (χ2v) is 7.16. The van der Waals surface area contributed by atoms with Crippen LogP contribution in [-0.2, 0) is 17.1 Å². The van der Waals surface area contributed by atoms with Crippen molar-refractivity contribution in [2.75, 3.05) is 0 Å². The molecule has 178 valence electrons. The molecule has 1 aromatic heterocycles. The molecule has 0 amide bonds. The summed E-state index contributed by atoms with van der Waals surface area (Å²) in [6.45, 7) is 6.88. The zero-order chi connectivity index (χ0) is 23.4. The van der Waals surface area contributed by atoms with Crippen molar-refractivity contribution >= 4 is 34.2 Å². The van der Waals surface area contributed by atoms with E-state index in [0.717, 1.165) is 0 Å². The average Bonchev–Trinajstić information content (AvgIpc) is 2.76. The third-order valence-electron chi connectivity index (χ3n) is 5.01. The van der Waals surface area contributed by atoms with E-state index in [9.17, 15) is 20.2 Å². The minimum Gasteiger partial charge on any atom is -1.00 e. The number of hydrogen-bond donors (Lipinski definition) is 0. The third-order valence-corrected chi connectivity index (χ3v) is 5.01. The van der Waals surface area contributed by atoms with Crippen LogP contribution in [0, 0.1) is 34.1 Å². The first-order valence-corrected chi connectivity index (χ1v) is 9.75. The molecule has 34 heavy (non-hydrogen) atoms. The molecular weight excluding hydrogens is 502 g/mol. The maximum absolute atomic E-state index is 11.2. The van der Waals surface area contributed by atoms with E-state index in [2.05, 4.69) is 15.0 Å². The Morgan fingerprint density at radius 1 is 0.735 bits per heavy atom. The standard InChI is InChI=1S/C23H21N5O4.ClH.Fe/c1-14-18(8-6-12-22(14)27(29)30)24-16(3)20-10-5-11-21(26-20)17(4)25-19-9-7-13-23(15(19)2)28(31)32;;/h5-13H,1-4H3;1H;/p-1/b24-16+,25-17+;;. The van der Waals surface area contributed by atoms with E-state index >= 15 is 0 Å². The Labute approximate surface area is 213 Å². The molecule has 1 heterocycles. The fourth-order valence-corrected chi connectivity index (χ4v) is 3.17. The molecule has 0 bridgehead atoms. The number of nitrogens with zero attached hydrogens (tertiary/aromatic N) is 5. The summed E-state index contributed by atoms with van der Waals surface area (Å²) in [6.07, 6.45) is 0. The molecule has 0 fully saturated rings. The van der Waals surface area contributed by atoms with Crippen LogP contribution in [0.3, 0.4) is 0 Å². The van der Waals surface area contributed by atoms with E-state index in [4.69, 9.17) is 0 Å². The van der Waals surface area contributed by atoms with E-state index in [0.29, 0.717) is 45.3 Å². The van der Waals surface area contributed by atoms with Gasteiger partial charge in [0.2, 0.25) is 0 Å². The summed E-state index contributed by atoms with van der Waals surface area (Å²) in [5, 5.41) is 22.4. The molecule has 0 aliphatic carbocycles. The number of halogens is 1. The molecule has 0 saturated carbocycles. The molecule has 0 aliphatic heterocycles. The van der Waals surface area contributed by atoms with Crippen molar-refractivity contribution in [2.24, 2.45) is 9.98 Å². The van der Waals surface area contributed by atoms with Crippen LogP contribution in [0.15, 0.2) is 64.6 Å². The van der Waals surface area contributed by atoms with Crippen LogP contribution < -0.4 is 12.4 Å². The number of nitro groups is 2. The van der Waals surface area contributed by atoms with Crippen LogP contribution in [0.25, 0.3) is 0 Å². The van der Waals surface area contributed by atoms with Crippen LogP contribution in [0.4, 0.5) is 22.7 Å². The predicted octanol–water partition coefficient (Wildman–Crippen LogP) is 2.80. The van der Waals surface area contributed by atoms with E-state index in [1.54, 1.807) is 64.1 Å². The Kier molecular flexibility index (Phi) is 10.2. The van der Waals surface area contributed by atoms with Crippen molar-refractivity contribution in [3.63, 3.8) is 0 Å². The van der Waals surface area contributed by atoms with Gasteiger partial charge in [0, 0.05) is 29.2 Å². The van der Waals surface area contributed by atoms with Crippen LogP contribution in [0.1, 0.15) is 36.4 Å². The minimum atomic E-state index is -0.432. The summed E-state index contributed by atoms with van der Waals surface area (Å²) in [4.78, 5) is 35.2. The van der Waals surface area contributed by atoms with Gasteiger partial charge < -0.3 is 12.4 Å². The Morgan fingerprint density at radius 3 is 1.44 bits per heavy atom. The first-order valence-electron chi connectivity index (χ1n) is 9.75. The molecule has 0 aliphatic rings. The van der Waals surface area contributed by atoms with Crippen molar-refractivity contribution in [3.8, 4) is 0 Å². The van der Waals surface area contributed by atoms with Gasteiger partial charge in [-0.15, -0.1) is 0 Å². The summed E-state index contributed by atoms with van der Waals surface area (Å²) >= 11 is 0. The molecule has 0 unspecified atom stereocenters. The summed E-state index contributed by atoms with van der Waals surface area (Å²) in [7, 11) is 0. The van der Waals surface area contributed by atoms with Crippen LogP contribution in [0.2, 0.25) is 0 Å². The fraction of sp³-hybridized carbons (Fsp3) is 0.174. The van der Waals surface area contributed by atoms with Crippen LogP contribution >= 0.6 is 0 Å². The molecule has 11 heteroatoms. The van der Waals surface area contributed by atoms with E-state index in [-0.39, 0.29) is 40.9 Å². The Hall–Kier alpha value is -3.46. The van der Waals surface area contributed by atoms with Gasteiger partial charge in [0.1, 0.15) is 0 Å². The van der Waals surface area contributed by atoms with Gasteiger partial charge in [-0.2, -0.15) is 0 Å². The van der Waals surface area contributed by atoms with E-state index in [1.165, 1.54) is 12.1 Å². The Balaban J connectivity index is 0.00000289. The van der Waals surface area contributed by atoms with Gasteiger partial charge in [0.05, 0.1) is 55.2 Å². The molecule has 0 saturated heterocycles. The SMILES string of the molecule is C/C(=N\c1cccc([N+](=O)[O-])c1C)c1cccc(/C(C)=N/c2cccc([N+](=O)[O-])c2C)n1.[Cl-].[Fe]. The average molecular weight is 523 g/mol. The van der Waals surface area contributed by atoms with Gasteiger partial charge in [-0.1, -0.05) is 18.2 Å². The topological polar surface area (TPSA) is 124 Å². The van der Waals surface area contributed by atoms with E-state index in [1.807, 2.05) is 6.07 Å². The van der Waals surface area contributed by atoms with Crippen molar-refractivity contribution in [2.45, 2.75) is 27.7 Å². The molecule has 0 spiro atoms. The molecule has 0 atom stereocenters. The summed E-state index contributed by atoms with van der Waals surface area (Å²) in [6, 6.07) is 14.9. The third kappa shape index (κ3) is 6.32. The second kappa shape index (κ2) is 12.1. The summed E-state index contributed by atoms with van der Waals surface area (Å²) < 4.78 is 0. The summed E-state index contributed by atoms with van der Waals surface area (Å²) in [5.41, 5.74) is 4.36. The molecule has 9 nitrogen and oxygen atoms in total. The number of nitro benzene ring substituents is 2. The largest absolute Gasteiger partial charge is 1.00 e. The quantitative estimate of drug-likeness (QED) is 0.213. The molecule has 2 aromatic carbocycles. The van der Waals surface area contributed by atoms with Crippen molar-refractivity contribution in [3.05, 3.63) is 97.3 Å². The van der Waals surface area contributed by atoms with Gasteiger partial charge in [0.15, 0.2) is 0 Å². The first-order chi connectivity index (χ1) is 15.2. The minimum absolute atomic E-state index is 0. The van der Waals surface area contributed by atoms with Gasteiger partial charge in [-0.05, 0) is 52.0 Å². The number of rotatable bonds is 6. The molecule has 3 aromatic rings. The van der Waals surface area contributed by atoms with Gasteiger partial charge in [0.25, 0.3) is 11.4 Å². The molecule has 3 rings (SSSR count). The van der Waals surface area contributed by atoms with E-state index < -0.39 is 9.85 Å². The summed E-state index contributed by atoms with van der Waals surface area (Å²) in [5.74, 6) is 0. The maximum atomic E-state index is 11.2. The normalized spacial score (nSPS) is 11.3. The van der Waals surface area contributed by atoms with Crippen LogP contribution in [0.5, 0.6) is 0 Å². The number of benzene rings is 2. The smallest absolute Gasteiger partial charge is 0.274 e. The monoisotopic (exact) mass is 522 g/mol. The molecular formula is C23H21ClFeN5O4-. The van der Waals surface area contributed by atoms with Crippen molar-refractivity contribution in [1.29, 1.82) is 0 Å². The number of aromatic nitrogens is 1. The Bertz CT molecular complexity index is 1200. The second-order valence-electron chi connectivity index (χ2n) is 7.16. The van der Waals surface area contributed by atoms with Gasteiger partial charge in [-0.25, -0.2) is 4.98 Å². The molecule has 0 radical (unpaired) electrons. The predicted molar refractivity (Wildman–Crippen MR) is 124 cm³/mol. The number of aliphatic imine (C=N–C) groups is 2. The maximum Gasteiger partial charge on any atom is 0.274 e.